The van der Waals surface area contributed by atoms with Crippen molar-refractivity contribution in [3.8, 4) is 5.75 Å². The molecule has 0 saturated heterocycles. The minimum atomic E-state index is -1.18. The number of fused-ring (bicyclic) bond motifs is 1. The van der Waals surface area contributed by atoms with E-state index in [0.29, 0.717) is 15.8 Å². The fourth-order valence-corrected chi connectivity index (χ4v) is 1.82. The van der Waals surface area contributed by atoms with Crippen molar-refractivity contribution in [2.75, 3.05) is 6.54 Å². The number of hydrogen-bond acceptors (Lipinski definition) is 4. The number of rotatable bonds is 3. The number of nitrogens with zero attached hydrogens (tertiary/aromatic N) is 1. The number of hydrogen-bond donors (Lipinski definition) is 3. The summed E-state index contributed by atoms with van der Waals surface area (Å²) < 4.78 is 0. The molecule has 0 fully saturated rings. The first-order valence-corrected chi connectivity index (χ1v) is 5.64. The molecule has 2 rings (SSSR count). The van der Waals surface area contributed by atoms with E-state index >= 15 is 0 Å². The molecule has 3 N–H and O–H groups in total. The molecule has 1 aromatic heterocycles. The molecule has 0 aliphatic carbocycles. The first-order valence-electron chi connectivity index (χ1n) is 5.27. The Morgan fingerprint density at radius 3 is 2.74 bits per heavy atom. The quantitative estimate of drug-likeness (QED) is 0.789. The molecule has 0 aliphatic rings. The van der Waals surface area contributed by atoms with Gasteiger partial charge in [0.05, 0.1) is 5.02 Å². The standard InChI is InChI=1S/C12H9ClN2O4/c13-8-3-1-2-6-7(8)4-14-10(11(6)18)12(19)15-5-9(16)17/h1-4,18H,5H2,(H,15,19)(H,16,17). The number of aromatic nitrogens is 1. The molecule has 0 spiro atoms. The summed E-state index contributed by atoms with van der Waals surface area (Å²) in [7, 11) is 0. The minimum Gasteiger partial charge on any atom is -0.505 e. The molecule has 6 nitrogen and oxygen atoms in total. The molecule has 2 aromatic rings. The van der Waals surface area contributed by atoms with Crippen molar-refractivity contribution in [2.45, 2.75) is 0 Å². The van der Waals surface area contributed by atoms with Gasteiger partial charge >= 0.3 is 5.97 Å². The topological polar surface area (TPSA) is 99.5 Å². The highest BCUT2D eigenvalue weighted by Gasteiger charge is 2.16. The third kappa shape index (κ3) is 2.58. The summed E-state index contributed by atoms with van der Waals surface area (Å²) in [5.41, 5.74) is -0.240. The summed E-state index contributed by atoms with van der Waals surface area (Å²) >= 11 is 5.93. The van der Waals surface area contributed by atoms with Gasteiger partial charge in [-0.15, -0.1) is 0 Å². The second-order valence-electron chi connectivity index (χ2n) is 3.73. The molecule has 0 bridgehead atoms. The number of carbonyl (C=O) groups excluding carboxylic acids is 1. The number of carboxylic acid groups (broad SMARTS) is 1. The van der Waals surface area contributed by atoms with Crippen molar-refractivity contribution in [2.24, 2.45) is 0 Å². The molecule has 0 atom stereocenters. The van der Waals surface area contributed by atoms with Gasteiger partial charge in [-0.05, 0) is 6.07 Å². The van der Waals surface area contributed by atoms with Crippen LogP contribution in [0.3, 0.4) is 0 Å². The molecule has 1 amide bonds. The van der Waals surface area contributed by atoms with Gasteiger partial charge in [0.15, 0.2) is 11.4 Å². The van der Waals surface area contributed by atoms with Crippen LogP contribution in [0.25, 0.3) is 10.8 Å². The number of aliphatic carboxylic acids is 1. The molecule has 0 radical (unpaired) electrons. The van der Waals surface area contributed by atoms with Crippen LogP contribution >= 0.6 is 11.6 Å². The Morgan fingerprint density at radius 1 is 1.32 bits per heavy atom. The SMILES string of the molecule is O=C(O)CNC(=O)c1ncc2c(Cl)cccc2c1O. The summed E-state index contributed by atoms with van der Waals surface area (Å²) in [5, 5.41) is 21.9. The number of nitrogens with one attached hydrogen (secondary N) is 1. The van der Waals surface area contributed by atoms with E-state index in [2.05, 4.69) is 10.3 Å². The highest BCUT2D eigenvalue weighted by atomic mass is 35.5. The monoisotopic (exact) mass is 280 g/mol. The van der Waals surface area contributed by atoms with Gasteiger partial charge in [0, 0.05) is 17.0 Å². The van der Waals surface area contributed by atoms with Crippen molar-refractivity contribution in [1.29, 1.82) is 0 Å². The smallest absolute Gasteiger partial charge is 0.322 e. The van der Waals surface area contributed by atoms with Crippen molar-refractivity contribution < 1.29 is 19.8 Å². The molecule has 1 aromatic carbocycles. The summed E-state index contributed by atoms with van der Waals surface area (Å²) in [6.07, 6.45) is 1.35. The molecule has 98 valence electrons. The Morgan fingerprint density at radius 2 is 2.05 bits per heavy atom. The number of pyridine rings is 1. The normalized spacial score (nSPS) is 10.4. The van der Waals surface area contributed by atoms with E-state index in [4.69, 9.17) is 16.7 Å². The molecule has 0 saturated carbocycles. The van der Waals surface area contributed by atoms with Crippen LogP contribution in [-0.4, -0.2) is 33.6 Å². The van der Waals surface area contributed by atoms with Crippen LogP contribution in [0.5, 0.6) is 5.75 Å². The summed E-state index contributed by atoms with van der Waals surface area (Å²) in [6, 6.07) is 4.85. The molecular formula is C12H9ClN2O4. The lowest BCUT2D eigenvalue weighted by Gasteiger charge is -2.07. The van der Waals surface area contributed by atoms with Crippen molar-refractivity contribution in [1.82, 2.24) is 10.3 Å². The van der Waals surface area contributed by atoms with Crippen LogP contribution in [0.15, 0.2) is 24.4 Å². The van der Waals surface area contributed by atoms with Crippen LogP contribution in [0, 0.1) is 0 Å². The van der Waals surface area contributed by atoms with Gasteiger partial charge in [-0.2, -0.15) is 0 Å². The predicted octanol–water partition coefficient (Wildman–Crippen LogP) is 1.41. The summed E-state index contributed by atoms with van der Waals surface area (Å²) in [4.78, 5) is 25.8. The number of halogens is 1. The number of carbonyl (C=O) groups is 2. The second kappa shape index (κ2) is 5.11. The fraction of sp³-hybridized carbons (Fsp3) is 0.0833. The van der Waals surface area contributed by atoms with Gasteiger partial charge in [-0.3, -0.25) is 9.59 Å². The Kier molecular flexibility index (Phi) is 3.52. The highest BCUT2D eigenvalue weighted by Crippen LogP contribution is 2.31. The van der Waals surface area contributed by atoms with E-state index in [9.17, 15) is 14.7 Å². The average Bonchev–Trinajstić information content (AvgIpc) is 2.37. The lowest BCUT2D eigenvalue weighted by Crippen LogP contribution is -2.29. The van der Waals surface area contributed by atoms with Crippen molar-refractivity contribution >= 4 is 34.2 Å². The van der Waals surface area contributed by atoms with Gasteiger partial charge in [0.2, 0.25) is 0 Å². The molecule has 1 heterocycles. The van der Waals surface area contributed by atoms with Gasteiger partial charge in [-0.25, -0.2) is 4.98 Å². The van der Waals surface area contributed by atoms with E-state index in [1.165, 1.54) is 6.20 Å². The van der Waals surface area contributed by atoms with E-state index in [1.54, 1.807) is 18.2 Å². The third-order valence-electron chi connectivity index (χ3n) is 2.47. The average molecular weight is 281 g/mol. The largest absolute Gasteiger partial charge is 0.505 e. The zero-order valence-corrected chi connectivity index (χ0v) is 10.3. The zero-order chi connectivity index (χ0) is 14.0. The highest BCUT2D eigenvalue weighted by molar-refractivity contribution is 6.35. The molecule has 0 unspecified atom stereocenters. The Bertz CT molecular complexity index is 672. The fourth-order valence-electron chi connectivity index (χ4n) is 1.60. The van der Waals surface area contributed by atoms with Gasteiger partial charge in [0.25, 0.3) is 5.91 Å². The van der Waals surface area contributed by atoms with Crippen LogP contribution in [0.1, 0.15) is 10.5 Å². The maximum absolute atomic E-state index is 11.7. The molecule has 19 heavy (non-hydrogen) atoms. The number of amides is 1. The van der Waals surface area contributed by atoms with E-state index < -0.39 is 18.4 Å². The van der Waals surface area contributed by atoms with Crippen LogP contribution < -0.4 is 5.32 Å². The first-order chi connectivity index (χ1) is 9.00. The second-order valence-corrected chi connectivity index (χ2v) is 4.14. The lowest BCUT2D eigenvalue weighted by atomic mass is 10.1. The zero-order valence-electron chi connectivity index (χ0n) is 9.55. The maximum atomic E-state index is 11.7. The molecule has 0 aliphatic heterocycles. The summed E-state index contributed by atoms with van der Waals surface area (Å²) in [6.45, 7) is -0.548. The predicted molar refractivity (Wildman–Crippen MR) is 68.4 cm³/mol. The van der Waals surface area contributed by atoms with Gasteiger partial charge in [0.1, 0.15) is 6.54 Å². The van der Waals surface area contributed by atoms with E-state index in [0.717, 1.165) is 0 Å². The number of benzene rings is 1. The van der Waals surface area contributed by atoms with Gasteiger partial charge < -0.3 is 15.5 Å². The lowest BCUT2D eigenvalue weighted by molar-refractivity contribution is -0.135. The maximum Gasteiger partial charge on any atom is 0.322 e. The van der Waals surface area contributed by atoms with Crippen LogP contribution in [0.4, 0.5) is 0 Å². The van der Waals surface area contributed by atoms with Crippen molar-refractivity contribution in [3.05, 3.63) is 35.1 Å². The molecule has 7 heteroatoms. The number of aromatic hydroxyl groups is 1. The Hall–Kier alpha value is -2.34. The third-order valence-corrected chi connectivity index (χ3v) is 2.80. The Balaban J connectivity index is 2.43. The molecular weight excluding hydrogens is 272 g/mol. The first kappa shape index (κ1) is 13.1. The number of carboxylic acids is 1. The van der Waals surface area contributed by atoms with E-state index in [1.807, 2.05) is 0 Å². The van der Waals surface area contributed by atoms with Crippen LogP contribution in [0.2, 0.25) is 5.02 Å². The minimum absolute atomic E-state index is 0.240. The van der Waals surface area contributed by atoms with Crippen molar-refractivity contribution in [3.63, 3.8) is 0 Å². The van der Waals surface area contributed by atoms with Gasteiger partial charge in [-0.1, -0.05) is 23.7 Å². The Labute approximate surface area is 112 Å². The van der Waals surface area contributed by atoms with E-state index in [-0.39, 0.29) is 11.4 Å². The summed E-state index contributed by atoms with van der Waals surface area (Å²) in [5.74, 6) is -2.28. The van der Waals surface area contributed by atoms with Crippen LogP contribution in [-0.2, 0) is 4.79 Å².